The van der Waals surface area contributed by atoms with Crippen molar-refractivity contribution < 1.29 is 19.1 Å². The zero-order chi connectivity index (χ0) is 25.8. The molecule has 0 heterocycles. The van der Waals surface area contributed by atoms with E-state index in [-0.39, 0.29) is 6.54 Å². The molecule has 10 nitrogen and oxygen atoms in total. The second-order valence-electron chi connectivity index (χ2n) is 7.43. The third-order valence-corrected chi connectivity index (χ3v) is 5.02. The number of para-hydroxylation sites is 1. The van der Waals surface area contributed by atoms with E-state index in [1.165, 1.54) is 6.07 Å². The van der Waals surface area contributed by atoms with Crippen molar-refractivity contribution in [1.82, 2.24) is 16.0 Å². The van der Waals surface area contributed by atoms with Crippen LogP contribution in [0.5, 0.6) is 11.5 Å². The van der Waals surface area contributed by atoms with E-state index in [1.807, 2.05) is 30.3 Å². The number of nitriles is 2. The van der Waals surface area contributed by atoms with Crippen molar-refractivity contribution in [2.75, 3.05) is 18.4 Å². The smallest absolute Gasteiger partial charge is 0.322 e. The summed E-state index contributed by atoms with van der Waals surface area (Å²) in [5.74, 6) is -0.512. The van der Waals surface area contributed by atoms with Gasteiger partial charge in [-0.3, -0.25) is 9.59 Å². The van der Waals surface area contributed by atoms with Crippen molar-refractivity contribution in [3.8, 4) is 23.6 Å². The van der Waals surface area contributed by atoms with Crippen LogP contribution in [-0.4, -0.2) is 30.9 Å². The van der Waals surface area contributed by atoms with Crippen molar-refractivity contribution >= 4 is 23.5 Å². The van der Waals surface area contributed by atoms with Gasteiger partial charge in [0.05, 0.1) is 12.6 Å². The SMILES string of the molecule is N#CCNC(=O)C(CNC(=O)C#N)(NC(=O)Nc1ccc(Oc2ccccc2)cc1)c1ccccc1. The Bertz CT molecular complexity index is 1280. The molecule has 1 atom stereocenters. The minimum absolute atomic E-state index is 0.328. The molecule has 180 valence electrons. The van der Waals surface area contributed by atoms with Crippen LogP contribution in [0.4, 0.5) is 10.5 Å². The Morgan fingerprint density at radius 1 is 0.806 bits per heavy atom. The molecule has 3 aromatic carbocycles. The number of hydrogen-bond donors (Lipinski definition) is 4. The number of anilines is 1. The Morgan fingerprint density at radius 3 is 2.03 bits per heavy atom. The number of hydrogen-bond acceptors (Lipinski definition) is 6. The summed E-state index contributed by atoms with van der Waals surface area (Å²) >= 11 is 0. The fourth-order valence-electron chi connectivity index (χ4n) is 3.32. The summed E-state index contributed by atoms with van der Waals surface area (Å²) in [6.07, 6.45) is 0. The number of urea groups is 1. The molecule has 4 amide bonds. The third-order valence-electron chi connectivity index (χ3n) is 5.02. The summed E-state index contributed by atoms with van der Waals surface area (Å²) in [5, 5.41) is 27.8. The lowest BCUT2D eigenvalue weighted by molar-refractivity contribution is -0.127. The van der Waals surface area contributed by atoms with E-state index in [9.17, 15) is 14.4 Å². The van der Waals surface area contributed by atoms with Gasteiger partial charge in [0.2, 0.25) is 0 Å². The zero-order valence-corrected chi connectivity index (χ0v) is 19.0. The molecule has 0 spiro atoms. The van der Waals surface area contributed by atoms with Gasteiger partial charge in [-0.1, -0.05) is 48.5 Å². The van der Waals surface area contributed by atoms with Gasteiger partial charge in [-0.05, 0) is 42.0 Å². The molecular formula is C26H22N6O4. The first kappa shape index (κ1) is 25.3. The topological polar surface area (TPSA) is 156 Å². The number of rotatable bonds is 9. The Balaban J connectivity index is 1.82. The molecule has 0 bridgehead atoms. The molecule has 0 saturated carbocycles. The highest BCUT2D eigenvalue weighted by atomic mass is 16.5. The highest BCUT2D eigenvalue weighted by molar-refractivity contribution is 5.98. The highest BCUT2D eigenvalue weighted by Crippen LogP contribution is 2.24. The van der Waals surface area contributed by atoms with Crippen molar-refractivity contribution in [2.24, 2.45) is 0 Å². The standard InChI is InChI=1S/C26H22N6O4/c27-15-16-29-24(34)26(18-30-23(33)17-28,19-7-3-1-4-8-19)32-25(35)31-20-11-13-22(14-12-20)36-21-9-5-2-6-10-21/h1-14H,16,18H2,(H,29,34)(H,30,33)(H2,31,32,35). The number of nitrogens with zero attached hydrogens (tertiary/aromatic N) is 2. The average molecular weight is 483 g/mol. The molecule has 1 unspecified atom stereocenters. The summed E-state index contributed by atoms with van der Waals surface area (Å²) in [5.41, 5.74) is -1.07. The average Bonchev–Trinajstić information content (AvgIpc) is 2.91. The van der Waals surface area contributed by atoms with E-state index in [0.717, 1.165) is 0 Å². The maximum atomic E-state index is 13.2. The van der Waals surface area contributed by atoms with Gasteiger partial charge in [0.15, 0.2) is 11.6 Å². The predicted octanol–water partition coefficient (Wildman–Crippen LogP) is 2.78. The maximum Gasteiger partial charge on any atom is 0.322 e. The first-order valence-electron chi connectivity index (χ1n) is 10.8. The molecule has 0 aliphatic carbocycles. The number of benzene rings is 3. The Kier molecular flexibility index (Phi) is 8.57. The van der Waals surface area contributed by atoms with Crippen LogP contribution >= 0.6 is 0 Å². The van der Waals surface area contributed by atoms with Crippen LogP contribution in [0.1, 0.15) is 5.56 Å². The second kappa shape index (κ2) is 12.2. The highest BCUT2D eigenvalue weighted by Gasteiger charge is 2.42. The Hall–Kier alpha value is -5.35. The van der Waals surface area contributed by atoms with Gasteiger partial charge in [0, 0.05) is 5.69 Å². The minimum Gasteiger partial charge on any atom is -0.457 e. The van der Waals surface area contributed by atoms with Crippen LogP contribution in [0, 0.1) is 22.7 Å². The summed E-state index contributed by atoms with van der Waals surface area (Å²) < 4.78 is 5.74. The number of amides is 4. The number of nitrogens with one attached hydrogen (secondary N) is 4. The summed E-state index contributed by atoms with van der Waals surface area (Å²) in [4.78, 5) is 37.8. The van der Waals surface area contributed by atoms with Gasteiger partial charge in [0.25, 0.3) is 5.91 Å². The molecule has 0 fully saturated rings. The van der Waals surface area contributed by atoms with Gasteiger partial charge in [-0.2, -0.15) is 10.5 Å². The van der Waals surface area contributed by atoms with E-state index in [0.29, 0.717) is 22.7 Å². The van der Waals surface area contributed by atoms with Crippen molar-refractivity contribution in [2.45, 2.75) is 5.54 Å². The van der Waals surface area contributed by atoms with Gasteiger partial charge < -0.3 is 26.0 Å². The van der Waals surface area contributed by atoms with Crippen LogP contribution in [0.25, 0.3) is 0 Å². The number of carbonyl (C=O) groups excluding carboxylic acids is 3. The van der Waals surface area contributed by atoms with Crippen LogP contribution in [0.2, 0.25) is 0 Å². The predicted molar refractivity (Wildman–Crippen MR) is 130 cm³/mol. The lowest BCUT2D eigenvalue weighted by Crippen LogP contribution is -2.62. The van der Waals surface area contributed by atoms with E-state index in [2.05, 4.69) is 21.3 Å². The molecule has 3 aromatic rings. The minimum atomic E-state index is -1.81. The number of carbonyl (C=O) groups is 3. The van der Waals surface area contributed by atoms with Gasteiger partial charge in [0.1, 0.15) is 18.0 Å². The van der Waals surface area contributed by atoms with Gasteiger partial charge in [-0.15, -0.1) is 0 Å². The van der Waals surface area contributed by atoms with E-state index in [4.69, 9.17) is 15.3 Å². The Morgan fingerprint density at radius 2 is 1.42 bits per heavy atom. The summed E-state index contributed by atoms with van der Waals surface area (Å²) in [6, 6.07) is 26.4. The van der Waals surface area contributed by atoms with Crippen LogP contribution in [0.15, 0.2) is 84.9 Å². The number of ether oxygens (including phenoxy) is 1. The second-order valence-corrected chi connectivity index (χ2v) is 7.43. The monoisotopic (exact) mass is 482 g/mol. The third kappa shape index (κ3) is 6.59. The molecule has 4 N–H and O–H groups in total. The van der Waals surface area contributed by atoms with Crippen molar-refractivity contribution in [3.63, 3.8) is 0 Å². The van der Waals surface area contributed by atoms with Crippen molar-refractivity contribution in [3.05, 3.63) is 90.5 Å². The van der Waals surface area contributed by atoms with Crippen LogP contribution in [-0.2, 0) is 15.1 Å². The summed E-state index contributed by atoms with van der Waals surface area (Å²) in [7, 11) is 0. The summed E-state index contributed by atoms with van der Waals surface area (Å²) in [6.45, 7) is -0.760. The van der Waals surface area contributed by atoms with Crippen LogP contribution < -0.4 is 26.0 Å². The molecule has 0 radical (unpaired) electrons. The zero-order valence-electron chi connectivity index (χ0n) is 19.0. The molecule has 0 aromatic heterocycles. The Labute approximate surface area is 207 Å². The van der Waals surface area contributed by atoms with E-state index < -0.39 is 29.9 Å². The normalized spacial score (nSPS) is 11.5. The van der Waals surface area contributed by atoms with Gasteiger partial charge >= 0.3 is 11.9 Å². The van der Waals surface area contributed by atoms with Gasteiger partial charge in [-0.25, -0.2) is 4.79 Å². The molecule has 36 heavy (non-hydrogen) atoms. The van der Waals surface area contributed by atoms with E-state index in [1.54, 1.807) is 60.7 Å². The lowest BCUT2D eigenvalue weighted by Gasteiger charge is -2.33. The molecular weight excluding hydrogens is 460 g/mol. The quantitative estimate of drug-likeness (QED) is 0.271. The molecule has 0 aliphatic heterocycles. The molecule has 0 saturated heterocycles. The molecule has 10 heteroatoms. The first-order chi connectivity index (χ1) is 17.5. The largest absolute Gasteiger partial charge is 0.457 e. The maximum absolute atomic E-state index is 13.2. The first-order valence-corrected chi connectivity index (χ1v) is 10.8. The lowest BCUT2D eigenvalue weighted by atomic mass is 9.88. The fourth-order valence-corrected chi connectivity index (χ4v) is 3.32. The van der Waals surface area contributed by atoms with Crippen LogP contribution in [0.3, 0.4) is 0 Å². The fraction of sp³-hybridized carbons (Fsp3) is 0.115. The van der Waals surface area contributed by atoms with E-state index >= 15 is 0 Å². The van der Waals surface area contributed by atoms with Crippen molar-refractivity contribution in [1.29, 1.82) is 10.5 Å². The molecule has 0 aliphatic rings. The molecule has 3 rings (SSSR count).